The van der Waals surface area contributed by atoms with Gasteiger partial charge in [0.1, 0.15) is 5.75 Å². The Kier molecular flexibility index (Phi) is 3.66. The standard InChI is InChI=1S/C19H13Br2NO/c1-23-15-6-4-14(5-7-15)22-18-8-2-12(20)10-16(18)17-11-13(21)3-9-19(17)22/h2-11H,1H3. The highest BCUT2D eigenvalue weighted by Gasteiger charge is 2.12. The molecule has 0 atom stereocenters. The number of hydrogen-bond acceptors (Lipinski definition) is 1. The van der Waals surface area contributed by atoms with E-state index in [0.717, 1.165) is 20.4 Å². The lowest BCUT2D eigenvalue weighted by molar-refractivity contribution is 0.415. The number of methoxy groups -OCH3 is 1. The van der Waals surface area contributed by atoms with Gasteiger partial charge in [0, 0.05) is 25.4 Å². The molecule has 4 rings (SSSR count). The first-order valence-electron chi connectivity index (χ1n) is 7.21. The molecular weight excluding hydrogens is 418 g/mol. The van der Waals surface area contributed by atoms with Crippen LogP contribution in [0.5, 0.6) is 5.75 Å². The molecule has 2 nitrogen and oxygen atoms in total. The molecule has 4 aromatic rings. The molecule has 0 N–H and O–H groups in total. The number of halogens is 2. The Labute approximate surface area is 150 Å². The molecule has 114 valence electrons. The predicted molar refractivity (Wildman–Crippen MR) is 103 cm³/mol. The molecule has 1 aromatic heterocycles. The number of aromatic nitrogens is 1. The van der Waals surface area contributed by atoms with E-state index in [2.05, 4.69) is 85.0 Å². The van der Waals surface area contributed by atoms with Crippen molar-refractivity contribution in [2.45, 2.75) is 0 Å². The number of ether oxygens (including phenoxy) is 1. The topological polar surface area (TPSA) is 14.2 Å². The van der Waals surface area contributed by atoms with E-state index in [1.807, 2.05) is 12.1 Å². The Hall–Kier alpha value is -1.78. The number of hydrogen-bond donors (Lipinski definition) is 0. The van der Waals surface area contributed by atoms with Crippen LogP contribution in [0, 0.1) is 0 Å². The average Bonchev–Trinajstić information content (AvgIpc) is 2.88. The molecule has 0 saturated heterocycles. The lowest BCUT2D eigenvalue weighted by Gasteiger charge is -2.08. The van der Waals surface area contributed by atoms with Crippen molar-refractivity contribution in [1.29, 1.82) is 0 Å². The lowest BCUT2D eigenvalue weighted by atomic mass is 10.2. The van der Waals surface area contributed by atoms with Gasteiger partial charge < -0.3 is 9.30 Å². The molecule has 0 aliphatic heterocycles. The maximum atomic E-state index is 5.27. The van der Waals surface area contributed by atoms with Crippen molar-refractivity contribution in [1.82, 2.24) is 4.57 Å². The van der Waals surface area contributed by atoms with Gasteiger partial charge in [0.15, 0.2) is 0 Å². The van der Waals surface area contributed by atoms with Gasteiger partial charge in [-0.1, -0.05) is 31.9 Å². The molecule has 0 spiro atoms. The van der Waals surface area contributed by atoms with Crippen LogP contribution < -0.4 is 4.74 Å². The number of benzene rings is 3. The first kappa shape index (κ1) is 14.8. The Morgan fingerprint density at radius 1 is 0.739 bits per heavy atom. The monoisotopic (exact) mass is 429 g/mol. The Bertz CT molecular complexity index is 960. The van der Waals surface area contributed by atoms with Gasteiger partial charge in [0.25, 0.3) is 0 Å². The second-order valence-corrected chi connectivity index (χ2v) is 7.19. The third kappa shape index (κ3) is 2.46. The summed E-state index contributed by atoms with van der Waals surface area (Å²) in [6, 6.07) is 21.0. The lowest BCUT2D eigenvalue weighted by Crippen LogP contribution is -1.93. The molecule has 0 unspecified atom stereocenters. The number of rotatable bonds is 2. The minimum atomic E-state index is 0.861. The molecule has 1 heterocycles. The van der Waals surface area contributed by atoms with Crippen molar-refractivity contribution in [2.75, 3.05) is 7.11 Å². The van der Waals surface area contributed by atoms with Crippen LogP contribution in [0.2, 0.25) is 0 Å². The van der Waals surface area contributed by atoms with Crippen LogP contribution in [-0.4, -0.2) is 11.7 Å². The van der Waals surface area contributed by atoms with Crippen molar-refractivity contribution in [2.24, 2.45) is 0 Å². The van der Waals surface area contributed by atoms with Crippen LogP contribution in [0.1, 0.15) is 0 Å². The number of nitrogens with zero attached hydrogens (tertiary/aromatic N) is 1. The highest BCUT2D eigenvalue weighted by Crippen LogP contribution is 2.35. The summed E-state index contributed by atoms with van der Waals surface area (Å²) < 4.78 is 9.72. The Morgan fingerprint density at radius 3 is 1.74 bits per heavy atom. The molecule has 0 bridgehead atoms. The molecule has 0 aliphatic carbocycles. The molecule has 0 saturated carbocycles. The van der Waals surface area contributed by atoms with Gasteiger partial charge in [-0.15, -0.1) is 0 Å². The molecule has 0 amide bonds. The molecule has 23 heavy (non-hydrogen) atoms. The molecule has 0 aliphatic rings. The summed E-state index contributed by atoms with van der Waals surface area (Å²) in [4.78, 5) is 0. The van der Waals surface area contributed by atoms with E-state index in [1.54, 1.807) is 7.11 Å². The van der Waals surface area contributed by atoms with E-state index >= 15 is 0 Å². The zero-order chi connectivity index (χ0) is 16.0. The fourth-order valence-corrected chi connectivity index (χ4v) is 3.70. The minimum Gasteiger partial charge on any atom is -0.497 e. The van der Waals surface area contributed by atoms with Crippen molar-refractivity contribution in [3.8, 4) is 11.4 Å². The van der Waals surface area contributed by atoms with Crippen molar-refractivity contribution >= 4 is 53.7 Å². The van der Waals surface area contributed by atoms with E-state index in [0.29, 0.717) is 0 Å². The zero-order valence-corrected chi connectivity index (χ0v) is 15.6. The van der Waals surface area contributed by atoms with Crippen LogP contribution in [0.4, 0.5) is 0 Å². The second kappa shape index (κ2) is 5.69. The van der Waals surface area contributed by atoms with Crippen molar-refractivity contribution in [3.05, 3.63) is 69.6 Å². The summed E-state index contributed by atoms with van der Waals surface area (Å²) >= 11 is 7.17. The normalized spacial score (nSPS) is 11.3. The molecule has 0 radical (unpaired) electrons. The second-order valence-electron chi connectivity index (χ2n) is 5.36. The fourth-order valence-electron chi connectivity index (χ4n) is 2.98. The van der Waals surface area contributed by atoms with Crippen molar-refractivity contribution in [3.63, 3.8) is 0 Å². The Balaban J connectivity index is 2.10. The zero-order valence-electron chi connectivity index (χ0n) is 12.4. The van der Waals surface area contributed by atoms with Gasteiger partial charge in [0.05, 0.1) is 18.1 Å². The van der Waals surface area contributed by atoms with Crippen LogP contribution in [0.3, 0.4) is 0 Å². The maximum absolute atomic E-state index is 5.27. The van der Waals surface area contributed by atoms with Gasteiger partial charge in [-0.25, -0.2) is 0 Å². The van der Waals surface area contributed by atoms with E-state index in [9.17, 15) is 0 Å². The summed E-state index contributed by atoms with van der Waals surface area (Å²) in [5.74, 6) is 0.861. The highest BCUT2D eigenvalue weighted by molar-refractivity contribution is 9.10. The summed E-state index contributed by atoms with van der Waals surface area (Å²) in [6.45, 7) is 0. The molecular formula is C19H13Br2NO. The van der Waals surface area contributed by atoms with E-state index in [4.69, 9.17) is 4.74 Å². The van der Waals surface area contributed by atoms with Crippen LogP contribution >= 0.6 is 31.9 Å². The molecule has 0 fully saturated rings. The average molecular weight is 431 g/mol. The fraction of sp³-hybridized carbons (Fsp3) is 0.0526. The van der Waals surface area contributed by atoms with Crippen LogP contribution in [0.25, 0.3) is 27.5 Å². The van der Waals surface area contributed by atoms with Gasteiger partial charge >= 0.3 is 0 Å². The molecule has 3 aromatic carbocycles. The highest BCUT2D eigenvalue weighted by atomic mass is 79.9. The minimum absolute atomic E-state index is 0.861. The van der Waals surface area contributed by atoms with Gasteiger partial charge in [-0.05, 0) is 60.7 Å². The quantitative estimate of drug-likeness (QED) is 0.363. The predicted octanol–water partition coefficient (Wildman–Crippen LogP) is 6.32. The van der Waals surface area contributed by atoms with Crippen LogP contribution in [0.15, 0.2) is 69.6 Å². The summed E-state index contributed by atoms with van der Waals surface area (Å²) in [5, 5.41) is 2.46. The van der Waals surface area contributed by atoms with Gasteiger partial charge in [0.2, 0.25) is 0 Å². The van der Waals surface area contributed by atoms with Gasteiger partial charge in [-0.2, -0.15) is 0 Å². The van der Waals surface area contributed by atoms with Gasteiger partial charge in [-0.3, -0.25) is 0 Å². The summed E-state index contributed by atoms with van der Waals surface area (Å²) in [7, 11) is 1.69. The first-order valence-corrected chi connectivity index (χ1v) is 8.79. The van der Waals surface area contributed by atoms with E-state index in [-0.39, 0.29) is 0 Å². The largest absolute Gasteiger partial charge is 0.497 e. The number of fused-ring (bicyclic) bond motifs is 3. The molecule has 4 heteroatoms. The summed E-state index contributed by atoms with van der Waals surface area (Å²) in [6.07, 6.45) is 0. The smallest absolute Gasteiger partial charge is 0.119 e. The first-order chi connectivity index (χ1) is 11.2. The third-order valence-electron chi connectivity index (χ3n) is 4.02. The maximum Gasteiger partial charge on any atom is 0.119 e. The van der Waals surface area contributed by atoms with Crippen molar-refractivity contribution < 1.29 is 4.74 Å². The summed E-state index contributed by atoms with van der Waals surface area (Å²) in [5.41, 5.74) is 3.49. The van der Waals surface area contributed by atoms with E-state index in [1.165, 1.54) is 21.8 Å². The van der Waals surface area contributed by atoms with E-state index < -0.39 is 0 Å². The Morgan fingerprint density at radius 2 is 1.26 bits per heavy atom. The third-order valence-corrected chi connectivity index (χ3v) is 5.01. The van der Waals surface area contributed by atoms with Crippen LogP contribution in [-0.2, 0) is 0 Å². The SMILES string of the molecule is COc1ccc(-n2c3ccc(Br)cc3c3cc(Br)ccc32)cc1.